The quantitative estimate of drug-likeness (QED) is 0.312. The summed E-state index contributed by atoms with van der Waals surface area (Å²) >= 11 is 3.51. The van der Waals surface area contributed by atoms with Crippen LogP contribution in [0.4, 0.5) is 28.1 Å². The van der Waals surface area contributed by atoms with E-state index in [1.807, 2.05) is 69.4 Å². The molecule has 196 valence electrons. The monoisotopic (exact) mass is 575 g/mol. The SMILES string of the molecule is CC(C)(C)OC(=O)N1CCN(c2cc(-c3ccc4nc(N)nc(Nc5cccc(Br)c5)c4c3)ccn2)CC1. The van der Waals surface area contributed by atoms with Gasteiger partial charge in [-0.15, -0.1) is 0 Å². The van der Waals surface area contributed by atoms with E-state index in [-0.39, 0.29) is 12.0 Å². The molecule has 2 aromatic carbocycles. The zero-order chi connectivity index (χ0) is 26.9. The summed E-state index contributed by atoms with van der Waals surface area (Å²) in [5, 5.41) is 4.24. The second kappa shape index (κ2) is 10.4. The Bertz CT molecular complexity index is 1480. The van der Waals surface area contributed by atoms with Crippen molar-refractivity contribution in [3.63, 3.8) is 0 Å². The number of nitrogens with two attached hydrogens (primary N) is 1. The van der Waals surface area contributed by atoms with Crippen LogP contribution >= 0.6 is 15.9 Å². The van der Waals surface area contributed by atoms with E-state index in [0.717, 1.165) is 38.0 Å². The van der Waals surface area contributed by atoms with Crippen LogP contribution in [0.5, 0.6) is 0 Å². The van der Waals surface area contributed by atoms with E-state index in [4.69, 9.17) is 10.5 Å². The van der Waals surface area contributed by atoms with Crippen LogP contribution in [0.15, 0.2) is 65.3 Å². The van der Waals surface area contributed by atoms with Gasteiger partial charge in [-0.05, 0) is 74.4 Å². The molecular formula is C28H30BrN7O2. The minimum absolute atomic E-state index is 0.208. The molecule has 0 aliphatic carbocycles. The number of aromatic nitrogens is 3. The Hall–Kier alpha value is -3.92. The maximum atomic E-state index is 12.4. The molecule has 5 rings (SSSR count). The topological polar surface area (TPSA) is 110 Å². The first-order chi connectivity index (χ1) is 18.1. The first-order valence-electron chi connectivity index (χ1n) is 12.4. The van der Waals surface area contributed by atoms with E-state index < -0.39 is 5.60 Å². The van der Waals surface area contributed by atoms with Crippen LogP contribution in [0.25, 0.3) is 22.0 Å². The van der Waals surface area contributed by atoms with Crippen molar-refractivity contribution in [2.75, 3.05) is 42.1 Å². The summed E-state index contributed by atoms with van der Waals surface area (Å²) in [4.78, 5) is 29.9. The van der Waals surface area contributed by atoms with Gasteiger partial charge in [0.1, 0.15) is 17.2 Å². The largest absolute Gasteiger partial charge is 0.444 e. The summed E-state index contributed by atoms with van der Waals surface area (Å²) in [6.07, 6.45) is 1.54. The number of hydrogen-bond acceptors (Lipinski definition) is 8. The summed E-state index contributed by atoms with van der Waals surface area (Å²) in [6, 6.07) is 18.0. The zero-order valence-corrected chi connectivity index (χ0v) is 23.2. The van der Waals surface area contributed by atoms with Gasteiger partial charge in [-0.1, -0.05) is 28.1 Å². The molecule has 9 nitrogen and oxygen atoms in total. The Morgan fingerprint density at radius 2 is 1.76 bits per heavy atom. The van der Waals surface area contributed by atoms with Gasteiger partial charge in [0.05, 0.1) is 5.52 Å². The highest BCUT2D eigenvalue weighted by atomic mass is 79.9. The number of ether oxygens (including phenoxy) is 1. The van der Waals surface area contributed by atoms with Gasteiger partial charge in [0.15, 0.2) is 0 Å². The Kier molecular flexibility index (Phi) is 7.07. The van der Waals surface area contributed by atoms with E-state index in [2.05, 4.69) is 53.2 Å². The molecule has 2 aromatic heterocycles. The fourth-order valence-electron chi connectivity index (χ4n) is 4.34. The highest BCUT2D eigenvalue weighted by Gasteiger charge is 2.26. The van der Waals surface area contributed by atoms with Crippen molar-refractivity contribution < 1.29 is 9.53 Å². The average Bonchev–Trinajstić information content (AvgIpc) is 2.88. The van der Waals surface area contributed by atoms with Crippen molar-refractivity contribution in [2.24, 2.45) is 0 Å². The number of anilines is 4. The molecule has 38 heavy (non-hydrogen) atoms. The predicted octanol–water partition coefficient (Wildman–Crippen LogP) is 5.84. The van der Waals surface area contributed by atoms with Crippen LogP contribution in [-0.2, 0) is 4.74 Å². The van der Waals surface area contributed by atoms with Crippen molar-refractivity contribution in [3.8, 4) is 11.1 Å². The van der Waals surface area contributed by atoms with Crippen molar-refractivity contribution >= 4 is 56.2 Å². The number of nitrogen functional groups attached to an aromatic ring is 1. The lowest BCUT2D eigenvalue weighted by Crippen LogP contribution is -2.50. The molecule has 10 heteroatoms. The summed E-state index contributed by atoms with van der Waals surface area (Å²) in [5.74, 6) is 1.71. The van der Waals surface area contributed by atoms with E-state index in [1.165, 1.54) is 0 Å². The van der Waals surface area contributed by atoms with Gasteiger partial charge >= 0.3 is 6.09 Å². The summed E-state index contributed by atoms with van der Waals surface area (Å²) in [7, 11) is 0. The molecular weight excluding hydrogens is 546 g/mol. The van der Waals surface area contributed by atoms with Crippen LogP contribution in [0.2, 0.25) is 0 Å². The third-order valence-corrected chi connectivity index (χ3v) is 6.63. The van der Waals surface area contributed by atoms with Gasteiger partial charge in [0.2, 0.25) is 5.95 Å². The second-order valence-corrected chi connectivity index (χ2v) is 11.1. The zero-order valence-electron chi connectivity index (χ0n) is 21.6. The van der Waals surface area contributed by atoms with Crippen molar-refractivity contribution in [3.05, 3.63) is 65.3 Å². The molecule has 0 bridgehead atoms. The molecule has 4 aromatic rings. The normalized spacial score (nSPS) is 14.0. The second-order valence-electron chi connectivity index (χ2n) is 10.2. The summed E-state index contributed by atoms with van der Waals surface area (Å²) in [6.45, 7) is 8.17. The Morgan fingerprint density at radius 3 is 2.50 bits per heavy atom. The molecule has 1 aliphatic rings. The van der Waals surface area contributed by atoms with Crippen LogP contribution in [0, 0.1) is 0 Å². The lowest BCUT2D eigenvalue weighted by atomic mass is 10.0. The minimum atomic E-state index is -0.506. The number of halogens is 1. The molecule has 1 amide bonds. The number of pyridine rings is 1. The molecule has 1 fully saturated rings. The number of piperazine rings is 1. The fourth-order valence-corrected chi connectivity index (χ4v) is 4.74. The molecule has 0 radical (unpaired) electrons. The van der Waals surface area contributed by atoms with Crippen LogP contribution in [0.3, 0.4) is 0 Å². The minimum Gasteiger partial charge on any atom is -0.444 e. The van der Waals surface area contributed by atoms with Gasteiger partial charge in [0, 0.05) is 47.9 Å². The maximum Gasteiger partial charge on any atom is 0.410 e. The molecule has 0 spiro atoms. The van der Waals surface area contributed by atoms with Crippen molar-refractivity contribution in [2.45, 2.75) is 26.4 Å². The maximum absolute atomic E-state index is 12.4. The standard InChI is InChI=1S/C28H30BrN7O2/c1-28(2,3)38-27(37)36-13-11-35(12-14-36)24-16-19(9-10-31-24)18-7-8-23-22(15-18)25(34-26(30)33-23)32-21-6-4-5-20(29)17-21/h4-10,15-17H,11-14H2,1-3H3,(H3,30,32,33,34). The summed E-state index contributed by atoms with van der Waals surface area (Å²) in [5.41, 5.74) is 9.18. The van der Waals surface area contributed by atoms with E-state index in [1.54, 1.807) is 4.90 Å². The molecule has 3 N–H and O–H groups in total. The smallest absolute Gasteiger partial charge is 0.410 e. The lowest BCUT2D eigenvalue weighted by Gasteiger charge is -2.36. The average molecular weight is 576 g/mol. The Balaban J connectivity index is 1.38. The fraction of sp³-hybridized carbons (Fsp3) is 0.286. The number of amides is 1. The molecule has 1 aliphatic heterocycles. The molecule has 0 saturated carbocycles. The van der Waals surface area contributed by atoms with Gasteiger partial charge in [-0.3, -0.25) is 0 Å². The van der Waals surface area contributed by atoms with E-state index in [0.29, 0.717) is 32.0 Å². The van der Waals surface area contributed by atoms with Gasteiger partial charge in [0.25, 0.3) is 0 Å². The number of fused-ring (bicyclic) bond motifs is 1. The Morgan fingerprint density at radius 1 is 1.00 bits per heavy atom. The molecule has 3 heterocycles. The number of nitrogens with one attached hydrogen (secondary N) is 1. The van der Waals surface area contributed by atoms with Gasteiger partial charge in [-0.25, -0.2) is 14.8 Å². The highest BCUT2D eigenvalue weighted by Crippen LogP contribution is 2.31. The summed E-state index contributed by atoms with van der Waals surface area (Å²) < 4.78 is 6.48. The lowest BCUT2D eigenvalue weighted by molar-refractivity contribution is 0.0240. The van der Waals surface area contributed by atoms with E-state index in [9.17, 15) is 4.79 Å². The first-order valence-corrected chi connectivity index (χ1v) is 13.2. The number of carbonyl (C=O) groups excluding carboxylic acids is 1. The van der Waals surface area contributed by atoms with Crippen molar-refractivity contribution in [1.29, 1.82) is 0 Å². The number of rotatable bonds is 4. The van der Waals surface area contributed by atoms with Crippen LogP contribution in [-0.4, -0.2) is 57.7 Å². The van der Waals surface area contributed by atoms with Gasteiger partial charge in [-0.2, -0.15) is 4.98 Å². The molecule has 0 unspecified atom stereocenters. The number of nitrogens with zero attached hydrogens (tertiary/aromatic N) is 5. The third-order valence-electron chi connectivity index (χ3n) is 6.13. The first kappa shape index (κ1) is 25.7. The van der Waals surface area contributed by atoms with Crippen molar-refractivity contribution in [1.82, 2.24) is 19.9 Å². The predicted molar refractivity (Wildman–Crippen MR) is 155 cm³/mol. The number of hydrogen-bond donors (Lipinski definition) is 2. The van der Waals surface area contributed by atoms with Gasteiger partial charge < -0.3 is 25.6 Å². The Labute approximate surface area is 230 Å². The third kappa shape index (κ3) is 5.96. The molecule has 0 atom stereocenters. The van der Waals surface area contributed by atoms with E-state index >= 15 is 0 Å². The number of benzene rings is 2. The highest BCUT2D eigenvalue weighted by molar-refractivity contribution is 9.10. The molecule has 1 saturated heterocycles. The van der Waals surface area contributed by atoms with Crippen LogP contribution in [0.1, 0.15) is 20.8 Å². The number of carbonyl (C=O) groups is 1. The van der Waals surface area contributed by atoms with Crippen LogP contribution < -0.4 is 16.0 Å².